The number of fused-ring (bicyclic) bond motifs is 1. The number of benzene rings is 2. The maximum Gasteiger partial charge on any atom is 0.417 e. The third kappa shape index (κ3) is 6.16. The minimum absolute atomic E-state index is 0.0678. The van der Waals surface area contributed by atoms with E-state index >= 15 is 0 Å². The first-order valence-corrected chi connectivity index (χ1v) is 14.8. The van der Waals surface area contributed by atoms with Crippen LogP contribution < -0.4 is 10.3 Å². The van der Waals surface area contributed by atoms with Crippen LogP contribution in [-0.2, 0) is 19.1 Å². The van der Waals surface area contributed by atoms with Gasteiger partial charge in [0.2, 0.25) is 5.95 Å². The summed E-state index contributed by atoms with van der Waals surface area (Å²) in [7, 11) is 0. The summed E-state index contributed by atoms with van der Waals surface area (Å²) in [6, 6.07) is 11.6. The Morgan fingerprint density at radius 3 is 2.48 bits per heavy atom. The van der Waals surface area contributed by atoms with Crippen LogP contribution in [0.15, 0.2) is 57.8 Å². The van der Waals surface area contributed by atoms with Crippen molar-refractivity contribution < 1.29 is 27.8 Å². The number of halogens is 4. The lowest BCUT2D eigenvalue weighted by atomic mass is 9.98. The second-order valence-corrected chi connectivity index (χ2v) is 11.7. The normalized spacial score (nSPS) is 15.7. The second-order valence-electron chi connectivity index (χ2n) is 10.9. The van der Waals surface area contributed by atoms with E-state index in [1.807, 2.05) is 26.8 Å². The number of amides is 1. The highest BCUT2D eigenvalue weighted by Gasteiger charge is 2.36. The fraction of sp³-hybridized carbons (Fsp3) is 0.355. The van der Waals surface area contributed by atoms with E-state index in [1.54, 1.807) is 35.9 Å². The minimum atomic E-state index is -4.64. The molecule has 1 aliphatic rings. The van der Waals surface area contributed by atoms with Crippen molar-refractivity contribution in [2.24, 2.45) is 0 Å². The van der Waals surface area contributed by atoms with E-state index in [1.165, 1.54) is 21.6 Å². The SMILES string of the molecule is CCC(O)COc1ccc(-n2c(-n3nc(C)cc3C)nc3c(c2=O)CC(C)N(C(=O)c2ccc(Br)c(C(F)(F)F)c2)C3)cc1. The van der Waals surface area contributed by atoms with Crippen LogP contribution in [0.4, 0.5) is 13.2 Å². The van der Waals surface area contributed by atoms with Crippen LogP contribution in [0.2, 0.25) is 0 Å². The fourth-order valence-corrected chi connectivity index (χ4v) is 5.64. The Hall–Kier alpha value is -3.97. The number of aliphatic hydroxyl groups excluding tert-OH is 1. The molecular weight excluding hydrogens is 643 g/mol. The van der Waals surface area contributed by atoms with Gasteiger partial charge in [0.05, 0.1) is 35.3 Å². The molecule has 2 aromatic carbocycles. The largest absolute Gasteiger partial charge is 0.491 e. The predicted octanol–water partition coefficient (Wildman–Crippen LogP) is 5.55. The lowest BCUT2D eigenvalue weighted by Crippen LogP contribution is -2.46. The molecule has 2 atom stereocenters. The quantitative estimate of drug-likeness (QED) is 0.276. The molecule has 0 aliphatic carbocycles. The number of aromatic nitrogens is 4. The van der Waals surface area contributed by atoms with Gasteiger partial charge in [-0.2, -0.15) is 18.3 Å². The van der Waals surface area contributed by atoms with Gasteiger partial charge in [-0.05, 0) is 82.1 Å². The average molecular weight is 675 g/mol. The van der Waals surface area contributed by atoms with Crippen LogP contribution >= 0.6 is 15.9 Å². The highest BCUT2D eigenvalue weighted by atomic mass is 79.9. The second kappa shape index (κ2) is 12.2. The number of aryl methyl sites for hydroxylation is 2. The summed E-state index contributed by atoms with van der Waals surface area (Å²) in [6.07, 6.45) is -4.52. The molecule has 9 nitrogen and oxygen atoms in total. The van der Waals surface area contributed by atoms with Crippen molar-refractivity contribution in [3.63, 3.8) is 0 Å². The number of aliphatic hydroxyl groups is 1. The maximum absolute atomic E-state index is 14.1. The van der Waals surface area contributed by atoms with Crippen LogP contribution in [0.3, 0.4) is 0 Å². The molecule has 0 spiro atoms. The number of carbonyl (C=O) groups is 1. The van der Waals surface area contributed by atoms with Crippen LogP contribution in [0.1, 0.15) is 58.8 Å². The predicted molar refractivity (Wildman–Crippen MR) is 160 cm³/mol. The van der Waals surface area contributed by atoms with E-state index < -0.39 is 29.8 Å². The van der Waals surface area contributed by atoms with Gasteiger partial charge in [0.1, 0.15) is 12.4 Å². The third-order valence-corrected chi connectivity index (χ3v) is 8.27. The molecule has 13 heteroatoms. The molecule has 2 unspecified atom stereocenters. The Morgan fingerprint density at radius 2 is 1.86 bits per heavy atom. The number of carbonyl (C=O) groups excluding carboxylic acids is 1. The molecule has 3 heterocycles. The van der Waals surface area contributed by atoms with Gasteiger partial charge < -0.3 is 14.7 Å². The Morgan fingerprint density at radius 1 is 1.16 bits per heavy atom. The van der Waals surface area contributed by atoms with Crippen molar-refractivity contribution in [3.05, 3.63) is 97.1 Å². The number of ether oxygens (including phenoxy) is 1. The van der Waals surface area contributed by atoms with Gasteiger partial charge in [-0.3, -0.25) is 9.59 Å². The van der Waals surface area contributed by atoms with Gasteiger partial charge in [-0.25, -0.2) is 14.2 Å². The third-order valence-electron chi connectivity index (χ3n) is 7.58. The van der Waals surface area contributed by atoms with E-state index in [9.17, 15) is 27.9 Å². The zero-order valence-electron chi connectivity index (χ0n) is 24.5. The number of alkyl halides is 3. The maximum atomic E-state index is 14.1. The molecule has 1 aliphatic heterocycles. The number of rotatable bonds is 7. The first-order valence-electron chi connectivity index (χ1n) is 14.1. The number of hydrogen-bond acceptors (Lipinski definition) is 6. The molecule has 4 aromatic rings. The van der Waals surface area contributed by atoms with Crippen LogP contribution in [0.25, 0.3) is 11.6 Å². The molecule has 0 bridgehead atoms. The van der Waals surface area contributed by atoms with Crippen molar-refractivity contribution in [3.8, 4) is 17.4 Å². The van der Waals surface area contributed by atoms with Gasteiger partial charge in [0.25, 0.3) is 11.5 Å². The first kappa shape index (κ1) is 31.5. The van der Waals surface area contributed by atoms with Gasteiger partial charge >= 0.3 is 6.18 Å². The first-order chi connectivity index (χ1) is 20.8. The Bertz CT molecular complexity index is 1770. The summed E-state index contributed by atoms with van der Waals surface area (Å²) in [6.45, 7) is 7.32. The highest BCUT2D eigenvalue weighted by Crippen LogP contribution is 2.36. The van der Waals surface area contributed by atoms with Gasteiger partial charge in [-0.1, -0.05) is 22.9 Å². The van der Waals surface area contributed by atoms with E-state index in [0.717, 1.165) is 11.8 Å². The summed E-state index contributed by atoms with van der Waals surface area (Å²) in [5.41, 5.74) is 1.30. The molecule has 2 aromatic heterocycles. The fourth-order valence-electron chi connectivity index (χ4n) is 5.17. The summed E-state index contributed by atoms with van der Waals surface area (Å²) in [4.78, 5) is 33.9. The van der Waals surface area contributed by atoms with Crippen molar-refractivity contribution in [2.75, 3.05) is 6.61 Å². The van der Waals surface area contributed by atoms with Crippen molar-refractivity contribution in [1.29, 1.82) is 0 Å². The lowest BCUT2D eigenvalue weighted by Gasteiger charge is -2.34. The molecule has 0 radical (unpaired) electrons. The minimum Gasteiger partial charge on any atom is -0.491 e. The van der Waals surface area contributed by atoms with Gasteiger partial charge in [0, 0.05) is 27.3 Å². The molecule has 44 heavy (non-hydrogen) atoms. The Labute approximate surface area is 260 Å². The van der Waals surface area contributed by atoms with Crippen molar-refractivity contribution >= 4 is 21.8 Å². The molecule has 1 N–H and O–H groups in total. The summed E-state index contributed by atoms with van der Waals surface area (Å²) >= 11 is 2.92. The number of hydrogen-bond donors (Lipinski definition) is 1. The molecule has 232 valence electrons. The Kier molecular flexibility index (Phi) is 8.72. The summed E-state index contributed by atoms with van der Waals surface area (Å²) in [5, 5.41) is 14.4. The van der Waals surface area contributed by atoms with E-state index in [-0.39, 0.29) is 41.1 Å². The van der Waals surface area contributed by atoms with Crippen molar-refractivity contribution in [1.82, 2.24) is 24.2 Å². The molecule has 0 fully saturated rings. The average Bonchev–Trinajstić information content (AvgIpc) is 3.32. The monoisotopic (exact) mass is 673 g/mol. The van der Waals surface area contributed by atoms with Crippen LogP contribution in [0, 0.1) is 13.8 Å². The lowest BCUT2D eigenvalue weighted by molar-refractivity contribution is -0.138. The highest BCUT2D eigenvalue weighted by molar-refractivity contribution is 9.10. The summed E-state index contributed by atoms with van der Waals surface area (Å²) in [5.74, 6) is 0.139. The summed E-state index contributed by atoms with van der Waals surface area (Å²) < 4.78 is 49.1. The molecule has 0 saturated carbocycles. The topological polar surface area (TPSA) is 102 Å². The zero-order valence-corrected chi connectivity index (χ0v) is 26.1. The molecule has 1 amide bonds. The van der Waals surface area contributed by atoms with E-state index in [4.69, 9.17) is 9.72 Å². The Balaban J connectivity index is 1.56. The molecular formula is C31H31BrF3N5O4. The molecule has 5 rings (SSSR count). The smallest absolute Gasteiger partial charge is 0.417 e. The van der Waals surface area contributed by atoms with E-state index in [0.29, 0.717) is 34.8 Å². The number of nitrogens with zero attached hydrogens (tertiary/aromatic N) is 5. The van der Waals surface area contributed by atoms with Gasteiger partial charge in [-0.15, -0.1) is 0 Å². The van der Waals surface area contributed by atoms with Crippen LogP contribution in [-0.4, -0.2) is 54.0 Å². The van der Waals surface area contributed by atoms with Crippen molar-refractivity contribution in [2.45, 2.75) is 65.4 Å². The standard InChI is InChI=1S/C31H31BrF3N5O4/c1-5-22(41)16-44-23-9-7-21(8-10-23)39-29(43)24-13-18(3)38(15-27(24)36-30(39)40-19(4)12-17(2)37-40)28(42)20-6-11-26(32)25(14-20)31(33,34)35/h6-12,14,18,22,41H,5,13,15-16H2,1-4H3. The molecule has 0 saturated heterocycles. The van der Waals surface area contributed by atoms with E-state index in [2.05, 4.69) is 21.0 Å². The van der Waals surface area contributed by atoms with Crippen LogP contribution in [0.5, 0.6) is 5.75 Å². The zero-order chi connectivity index (χ0) is 31.9. The van der Waals surface area contributed by atoms with Gasteiger partial charge in [0.15, 0.2) is 0 Å².